The summed E-state index contributed by atoms with van der Waals surface area (Å²) >= 11 is 0. The lowest BCUT2D eigenvalue weighted by atomic mass is 9.95. The van der Waals surface area contributed by atoms with E-state index in [-0.39, 0.29) is 18.1 Å². The van der Waals surface area contributed by atoms with Crippen molar-refractivity contribution in [1.29, 1.82) is 0 Å². The molecule has 3 nitrogen and oxygen atoms in total. The van der Waals surface area contributed by atoms with Gasteiger partial charge in [-0.3, -0.25) is 4.79 Å². The number of benzene rings is 1. The molecule has 0 unspecified atom stereocenters. The highest BCUT2D eigenvalue weighted by atomic mass is 16.6. The third kappa shape index (κ3) is 2.56. The van der Waals surface area contributed by atoms with Crippen LogP contribution in [0.1, 0.15) is 43.8 Å². The molecule has 1 aliphatic heterocycles. The molecule has 1 aromatic rings. The van der Waals surface area contributed by atoms with Gasteiger partial charge in [0.15, 0.2) is 6.10 Å². The van der Waals surface area contributed by atoms with Crippen molar-refractivity contribution < 1.29 is 9.53 Å². The molecular weight excluding hydrogens is 226 g/mol. The topological polar surface area (TPSA) is 41.6 Å². The van der Waals surface area contributed by atoms with Crippen LogP contribution in [-0.2, 0) is 9.53 Å². The second-order valence-corrected chi connectivity index (χ2v) is 5.23. The first-order valence-corrected chi connectivity index (χ1v) is 6.85. The van der Waals surface area contributed by atoms with Crippen molar-refractivity contribution in [3.05, 3.63) is 35.9 Å². The largest absolute Gasteiger partial charge is 0.354 e. The molecular formula is C15H19NO2. The van der Waals surface area contributed by atoms with E-state index in [4.69, 9.17) is 4.74 Å². The van der Waals surface area contributed by atoms with Gasteiger partial charge in [-0.15, -0.1) is 0 Å². The number of hydrogen-bond donors (Lipinski definition) is 1. The number of carbonyl (C=O) groups excluding carboxylic acids is 1. The van der Waals surface area contributed by atoms with Crippen LogP contribution in [0.5, 0.6) is 0 Å². The van der Waals surface area contributed by atoms with Crippen molar-refractivity contribution in [1.82, 2.24) is 5.32 Å². The zero-order chi connectivity index (χ0) is 12.4. The maximum atomic E-state index is 12.0. The molecule has 3 heteroatoms. The van der Waals surface area contributed by atoms with E-state index < -0.39 is 0 Å². The van der Waals surface area contributed by atoms with E-state index in [0.717, 1.165) is 18.4 Å². The van der Waals surface area contributed by atoms with Crippen LogP contribution >= 0.6 is 0 Å². The highest BCUT2D eigenvalue weighted by molar-refractivity contribution is 5.84. The zero-order valence-corrected chi connectivity index (χ0v) is 10.5. The van der Waals surface area contributed by atoms with Crippen molar-refractivity contribution in [3.8, 4) is 0 Å². The van der Waals surface area contributed by atoms with Gasteiger partial charge < -0.3 is 10.1 Å². The van der Waals surface area contributed by atoms with E-state index in [1.807, 2.05) is 30.3 Å². The van der Waals surface area contributed by atoms with E-state index in [9.17, 15) is 4.79 Å². The lowest BCUT2D eigenvalue weighted by Crippen LogP contribution is -2.38. The minimum absolute atomic E-state index is 0.0326. The molecule has 1 saturated carbocycles. The van der Waals surface area contributed by atoms with Crippen LogP contribution in [0.2, 0.25) is 0 Å². The molecule has 2 fully saturated rings. The summed E-state index contributed by atoms with van der Waals surface area (Å²) in [4.78, 5) is 12.0. The number of ether oxygens (including phenoxy) is 1. The first kappa shape index (κ1) is 11.7. The number of nitrogens with one attached hydrogen (secondary N) is 1. The van der Waals surface area contributed by atoms with E-state index in [1.165, 1.54) is 19.3 Å². The van der Waals surface area contributed by atoms with Crippen molar-refractivity contribution in [3.63, 3.8) is 0 Å². The third-order valence-corrected chi connectivity index (χ3v) is 3.83. The number of rotatable bonds is 3. The quantitative estimate of drug-likeness (QED) is 0.832. The molecule has 18 heavy (non-hydrogen) atoms. The van der Waals surface area contributed by atoms with Crippen LogP contribution < -0.4 is 5.32 Å². The van der Waals surface area contributed by atoms with E-state index in [1.54, 1.807) is 0 Å². The van der Waals surface area contributed by atoms with Crippen molar-refractivity contribution in [2.24, 2.45) is 0 Å². The normalized spacial score (nSPS) is 27.8. The lowest BCUT2D eigenvalue weighted by Gasteiger charge is -2.22. The van der Waals surface area contributed by atoms with Gasteiger partial charge in [0.2, 0.25) is 0 Å². The van der Waals surface area contributed by atoms with Gasteiger partial charge in [-0.2, -0.15) is 0 Å². The molecule has 1 aromatic carbocycles. The molecule has 96 valence electrons. The Morgan fingerprint density at radius 2 is 1.83 bits per heavy atom. The summed E-state index contributed by atoms with van der Waals surface area (Å²) in [6, 6.07) is 10.3. The molecule has 1 saturated heterocycles. The Labute approximate surface area is 108 Å². The Hall–Kier alpha value is -1.35. The van der Waals surface area contributed by atoms with Crippen LogP contribution in [0.4, 0.5) is 0 Å². The summed E-state index contributed by atoms with van der Waals surface area (Å²) < 4.78 is 5.49. The average Bonchev–Trinajstić information content (AvgIpc) is 3.21. The highest BCUT2D eigenvalue weighted by Gasteiger charge is 2.46. The molecule has 0 bridgehead atoms. The van der Waals surface area contributed by atoms with Crippen LogP contribution in [-0.4, -0.2) is 18.1 Å². The van der Waals surface area contributed by atoms with Crippen LogP contribution in [0.15, 0.2) is 30.3 Å². The van der Waals surface area contributed by atoms with Gasteiger partial charge in [0.05, 0.1) is 0 Å². The van der Waals surface area contributed by atoms with Crippen LogP contribution in [0.25, 0.3) is 0 Å². The second kappa shape index (κ2) is 5.11. The molecule has 0 radical (unpaired) electrons. The maximum absolute atomic E-state index is 12.0. The molecule has 3 rings (SSSR count). The summed E-state index contributed by atoms with van der Waals surface area (Å²) in [5, 5.41) is 3.12. The monoisotopic (exact) mass is 245 g/mol. The molecule has 1 N–H and O–H groups in total. The molecule has 0 spiro atoms. The average molecular weight is 245 g/mol. The summed E-state index contributed by atoms with van der Waals surface area (Å²) in [6.07, 6.45) is 5.71. The summed E-state index contributed by atoms with van der Waals surface area (Å²) in [7, 11) is 0. The molecule has 1 aliphatic carbocycles. The lowest BCUT2D eigenvalue weighted by molar-refractivity contribution is -0.123. The van der Waals surface area contributed by atoms with E-state index in [0.29, 0.717) is 6.04 Å². The third-order valence-electron chi connectivity index (χ3n) is 3.83. The zero-order valence-electron chi connectivity index (χ0n) is 10.5. The predicted octanol–water partition coefficient (Wildman–Crippen LogP) is 2.58. The van der Waals surface area contributed by atoms with Crippen molar-refractivity contribution in [2.45, 2.75) is 50.4 Å². The Morgan fingerprint density at radius 3 is 2.56 bits per heavy atom. The van der Waals surface area contributed by atoms with Gasteiger partial charge >= 0.3 is 0 Å². The first-order valence-electron chi connectivity index (χ1n) is 6.85. The van der Waals surface area contributed by atoms with Gasteiger partial charge in [0.1, 0.15) is 6.10 Å². The first-order chi connectivity index (χ1) is 8.84. The number of carbonyl (C=O) groups is 1. The SMILES string of the molecule is O=C(NC1CCCCC1)[C@@H]1O[C@H]1c1ccccc1. The standard InChI is InChI=1S/C15H19NO2/c17-15(16-12-9-5-2-6-10-12)14-13(18-14)11-7-3-1-4-8-11/h1,3-4,7-8,12-14H,2,5-6,9-10H2,(H,16,17)/t13-,14+/m0/s1. The van der Waals surface area contributed by atoms with Crippen molar-refractivity contribution in [2.75, 3.05) is 0 Å². The number of amides is 1. The number of epoxide rings is 1. The minimum Gasteiger partial charge on any atom is -0.354 e. The molecule has 0 aromatic heterocycles. The molecule has 1 amide bonds. The predicted molar refractivity (Wildman–Crippen MR) is 69.1 cm³/mol. The smallest absolute Gasteiger partial charge is 0.252 e. The van der Waals surface area contributed by atoms with Crippen LogP contribution in [0, 0.1) is 0 Å². The van der Waals surface area contributed by atoms with Gasteiger partial charge in [-0.1, -0.05) is 49.6 Å². The second-order valence-electron chi connectivity index (χ2n) is 5.23. The highest BCUT2D eigenvalue weighted by Crippen LogP contribution is 2.38. The summed E-state index contributed by atoms with van der Waals surface area (Å²) in [5.74, 6) is 0.0655. The Bertz CT molecular complexity index is 412. The van der Waals surface area contributed by atoms with Crippen molar-refractivity contribution >= 4 is 5.91 Å². The summed E-state index contributed by atoms with van der Waals surface area (Å²) in [5.41, 5.74) is 1.10. The fourth-order valence-corrected chi connectivity index (χ4v) is 2.74. The minimum atomic E-state index is -0.269. The fraction of sp³-hybridized carbons (Fsp3) is 0.533. The van der Waals surface area contributed by atoms with E-state index >= 15 is 0 Å². The van der Waals surface area contributed by atoms with E-state index in [2.05, 4.69) is 5.32 Å². The van der Waals surface area contributed by atoms with Crippen LogP contribution in [0.3, 0.4) is 0 Å². The molecule has 2 aliphatic rings. The maximum Gasteiger partial charge on any atom is 0.252 e. The fourth-order valence-electron chi connectivity index (χ4n) is 2.74. The van der Waals surface area contributed by atoms with Gasteiger partial charge in [-0.05, 0) is 18.4 Å². The van der Waals surface area contributed by atoms with Gasteiger partial charge in [0.25, 0.3) is 5.91 Å². The molecule has 2 atom stereocenters. The number of hydrogen-bond acceptors (Lipinski definition) is 2. The Morgan fingerprint density at radius 1 is 1.11 bits per heavy atom. The Kier molecular flexibility index (Phi) is 3.33. The van der Waals surface area contributed by atoms with Gasteiger partial charge in [0, 0.05) is 6.04 Å². The molecule has 1 heterocycles. The Balaban J connectivity index is 1.53. The van der Waals surface area contributed by atoms with Gasteiger partial charge in [-0.25, -0.2) is 0 Å². The summed E-state index contributed by atoms with van der Waals surface area (Å²) in [6.45, 7) is 0.